The summed E-state index contributed by atoms with van der Waals surface area (Å²) in [5.41, 5.74) is 1.82. The first kappa shape index (κ1) is 18.6. The molecule has 1 aliphatic heterocycles. The van der Waals surface area contributed by atoms with E-state index in [1.165, 1.54) is 12.1 Å². The summed E-state index contributed by atoms with van der Waals surface area (Å²) < 4.78 is 1.15. The molecule has 4 rings (SSSR count). The number of carbonyl (C=O) groups excluding carboxylic acids is 1. The third-order valence-corrected chi connectivity index (χ3v) is 6.12. The molecule has 1 fully saturated rings. The standard InChI is InChI=1S/C21H21N3O3S/c25-20(19-14-28-21-4-2-1-3-18(19)21)10-12-23-11-9-16(13-23)22-15-5-7-17(8-6-15)24(26)27/h1-8,14,16,22H,9-13H2/t16-/m1/s1. The lowest BCUT2D eigenvalue weighted by Crippen LogP contribution is -2.28. The molecule has 1 aliphatic rings. The predicted molar refractivity (Wildman–Crippen MR) is 112 cm³/mol. The van der Waals surface area contributed by atoms with Crippen LogP contribution in [0.5, 0.6) is 0 Å². The normalized spacial score (nSPS) is 17.1. The number of nitrogens with one attached hydrogen (secondary N) is 1. The minimum Gasteiger partial charge on any atom is -0.381 e. The van der Waals surface area contributed by atoms with Gasteiger partial charge in [0.25, 0.3) is 5.69 Å². The Morgan fingerprint density at radius 2 is 2.00 bits per heavy atom. The Morgan fingerprint density at radius 3 is 2.79 bits per heavy atom. The van der Waals surface area contributed by atoms with E-state index < -0.39 is 4.92 Å². The van der Waals surface area contributed by atoms with Gasteiger partial charge in [-0.3, -0.25) is 14.9 Å². The topological polar surface area (TPSA) is 75.5 Å². The average Bonchev–Trinajstić information content (AvgIpc) is 3.33. The Hall–Kier alpha value is -2.77. The molecule has 0 bridgehead atoms. The SMILES string of the molecule is O=C(CCN1CC[C@@H](Nc2ccc([N+](=O)[O-])cc2)C1)c1csc2ccccc12. The van der Waals surface area contributed by atoms with Crippen molar-refractivity contribution in [3.8, 4) is 0 Å². The fourth-order valence-electron chi connectivity index (χ4n) is 3.66. The summed E-state index contributed by atoms with van der Waals surface area (Å²) in [6.45, 7) is 2.57. The number of anilines is 1. The number of nitro benzene ring substituents is 1. The van der Waals surface area contributed by atoms with Gasteiger partial charge in [-0.15, -0.1) is 11.3 Å². The number of rotatable bonds is 7. The highest BCUT2D eigenvalue weighted by molar-refractivity contribution is 7.17. The number of ketones is 1. The molecular weight excluding hydrogens is 374 g/mol. The molecule has 0 saturated carbocycles. The molecule has 1 atom stereocenters. The molecule has 0 unspecified atom stereocenters. The molecule has 2 aromatic carbocycles. The smallest absolute Gasteiger partial charge is 0.269 e. The number of carbonyl (C=O) groups is 1. The van der Waals surface area contributed by atoms with E-state index in [0.29, 0.717) is 12.5 Å². The zero-order valence-corrected chi connectivity index (χ0v) is 16.2. The number of benzene rings is 2. The van der Waals surface area contributed by atoms with Crippen molar-refractivity contribution in [2.24, 2.45) is 0 Å². The van der Waals surface area contributed by atoms with Crippen molar-refractivity contribution in [3.63, 3.8) is 0 Å². The molecule has 0 amide bonds. The molecule has 144 valence electrons. The lowest BCUT2D eigenvalue weighted by molar-refractivity contribution is -0.384. The maximum absolute atomic E-state index is 12.6. The molecule has 0 aliphatic carbocycles. The molecule has 7 heteroatoms. The highest BCUT2D eigenvalue weighted by atomic mass is 32.1. The summed E-state index contributed by atoms with van der Waals surface area (Å²) in [6, 6.07) is 14.8. The van der Waals surface area contributed by atoms with E-state index in [2.05, 4.69) is 10.2 Å². The van der Waals surface area contributed by atoms with Gasteiger partial charge in [-0.25, -0.2) is 0 Å². The number of hydrogen-bond donors (Lipinski definition) is 1. The average molecular weight is 395 g/mol. The van der Waals surface area contributed by atoms with Crippen LogP contribution in [-0.2, 0) is 0 Å². The number of likely N-dealkylation sites (tertiary alicyclic amines) is 1. The van der Waals surface area contributed by atoms with Crippen molar-refractivity contribution in [1.82, 2.24) is 4.90 Å². The van der Waals surface area contributed by atoms with Crippen molar-refractivity contribution in [1.29, 1.82) is 0 Å². The summed E-state index contributed by atoms with van der Waals surface area (Å²) in [5, 5.41) is 17.2. The van der Waals surface area contributed by atoms with Gasteiger partial charge >= 0.3 is 0 Å². The van der Waals surface area contributed by atoms with Crippen LogP contribution in [-0.4, -0.2) is 41.3 Å². The number of nitro groups is 1. The van der Waals surface area contributed by atoms with E-state index in [1.807, 2.05) is 29.6 Å². The van der Waals surface area contributed by atoms with Crippen LogP contribution in [0, 0.1) is 10.1 Å². The van der Waals surface area contributed by atoms with Crippen molar-refractivity contribution in [3.05, 3.63) is 69.6 Å². The van der Waals surface area contributed by atoms with Gasteiger partial charge in [0.2, 0.25) is 0 Å². The Labute approximate surface area is 166 Å². The molecule has 0 radical (unpaired) electrons. The van der Waals surface area contributed by atoms with Gasteiger partial charge in [0.05, 0.1) is 4.92 Å². The van der Waals surface area contributed by atoms with Gasteiger partial charge < -0.3 is 10.2 Å². The predicted octanol–water partition coefficient (Wildman–Crippen LogP) is 4.57. The number of thiophene rings is 1. The van der Waals surface area contributed by atoms with Gasteiger partial charge in [-0.1, -0.05) is 18.2 Å². The third kappa shape index (κ3) is 4.05. The van der Waals surface area contributed by atoms with Gasteiger partial charge in [0.15, 0.2) is 5.78 Å². The molecule has 3 aromatic rings. The van der Waals surface area contributed by atoms with Crippen LogP contribution >= 0.6 is 11.3 Å². The summed E-state index contributed by atoms with van der Waals surface area (Å²) in [7, 11) is 0. The minimum absolute atomic E-state index is 0.0954. The first-order valence-corrected chi connectivity index (χ1v) is 10.2. The summed E-state index contributed by atoms with van der Waals surface area (Å²) in [4.78, 5) is 25.3. The van der Waals surface area contributed by atoms with Gasteiger partial charge in [-0.2, -0.15) is 0 Å². The largest absolute Gasteiger partial charge is 0.381 e. The fourth-order valence-corrected chi connectivity index (χ4v) is 4.62. The van der Waals surface area contributed by atoms with Gasteiger partial charge in [-0.05, 0) is 24.6 Å². The third-order valence-electron chi connectivity index (χ3n) is 5.16. The van der Waals surface area contributed by atoms with E-state index in [9.17, 15) is 14.9 Å². The second-order valence-electron chi connectivity index (χ2n) is 7.05. The maximum atomic E-state index is 12.6. The summed E-state index contributed by atoms with van der Waals surface area (Å²) >= 11 is 1.62. The number of Topliss-reactive ketones (excluding diaryl/α,β-unsaturated/α-hetero) is 1. The minimum atomic E-state index is -0.394. The quantitative estimate of drug-likeness (QED) is 0.360. The van der Waals surface area contributed by atoms with Crippen LogP contribution in [0.2, 0.25) is 0 Å². The molecule has 6 nitrogen and oxygen atoms in total. The highest BCUT2D eigenvalue weighted by Crippen LogP contribution is 2.27. The Bertz CT molecular complexity index is 1000. The van der Waals surface area contributed by atoms with Crippen LogP contribution < -0.4 is 5.32 Å². The van der Waals surface area contributed by atoms with E-state index in [4.69, 9.17) is 0 Å². The highest BCUT2D eigenvalue weighted by Gasteiger charge is 2.23. The number of hydrogen-bond acceptors (Lipinski definition) is 6. The van der Waals surface area contributed by atoms with Crippen LogP contribution in [0.4, 0.5) is 11.4 Å². The molecule has 1 saturated heterocycles. The Morgan fingerprint density at radius 1 is 1.21 bits per heavy atom. The number of fused-ring (bicyclic) bond motifs is 1. The van der Waals surface area contributed by atoms with E-state index in [-0.39, 0.29) is 11.5 Å². The zero-order chi connectivity index (χ0) is 19.5. The maximum Gasteiger partial charge on any atom is 0.269 e. The van der Waals surface area contributed by atoms with E-state index in [1.54, 1.807) is 23.5 Å². The first-order valence-electron chi connectivity index (χ1n) is 9.33. The number of nitrogens with zero attached hydrogens (tertiary/aromatic N) is 2. The Kier molecular flexibility index (Phi) is 5.36. The van der Waals surface area contributed by atoms with Crippen LogP contribution in [0.1, 0.15) is 23.2 Å². The number of non-ortho nitro benzene ring substituents is 1. The van der Waals surface area contributed by atoms with Crippen molar-refractivity contribution in [2.75, 3.05) is 25.0 Å². The fraction of sp³-hybridized carbons (Fsp3) is 0.286. The molecule has 28 heavy (non-hydrogen) atoms. The summed E-state index contributed by atoms with van der Waals surface area (Å²) in [6.07, 6.45) is 1.51. The van der Waals surface area contributed by atoms with Crippen LogP contribution in [0.15, 0.2) is 53.9 Å². The second kappa shape index (κ2) is 8.08. The molecule has 1 aromatic heterocycles. The van der Waals surface area contributed by atoms with Crippen molar-refractivity contribution < 1.29 is 9.72 Å². The van der Waals surface area contributed by atoms with Crippen molar-refractivity contribution >= 4 is 38.6 Å². The lowest BCUT2D eigenvalue weighted by atomic mass is 10.1. The lowest BCUT2D eigenvalue weighted by Gasteiger charge is -2.17. The first-order chi connectivity index (χ1) is 13.6. The summed E-state index contributed by atoms with van der Waals surface area (Å²) in [5.74, 6) is 0.198. The molecule has 0 spiro atoms. The zero-order valence-electron chi connectivity index (χ0n) is 15.3. The van der Waals surface area contributed by atoms with Crippen molar-refractivity contribution in [2.45, 2.75) is 18.9 Å². The van der Waals surface area contributed by atoms with Crippen LogP contribution in [0.25, 0.3) is 10.1 Å². The molecule has 2 heterocycles. The van der Waals surface area contributed by atoms with Gasteiger partial charge in [0, 0.05) is 70.9 Å². The van der Waals surface area contributed by atoms with Gasteiger partial charge in [0.1, 0.15) is 0 Å². The Balaban J connectivity index is 1.29. The molecule has 1 N–H and O–H groups in total. The molecular formula is C21H21N3O3S. The van der Waals surface area contributed by atoms with Crippen LogP contribution in [0.3, 0.4) is 0 Å². The second-order valence-corrected chi connectivity index (χ2v) is 7.96. The monoisotopic (exact) mass is 395 g/mol. The van der Waals surface area contributed by atoms with E-state index in [0.717, 1.165) is 47.4 Å². The van der Waals surface area contributed by atoms with E-state index >= 15 is 0 Å².